The van der Waals surface area contributed by atoms with Gasteiger partial charge in [-0.1, -0.05) is 0 Å². The normalized spacial score (nSPS) is 11.9. The van der Waals surface area contributed by atoms with Gasteiger partial charge in [0, 0.05) is 11.4 Å². The van der Waals surface area contributed by atoms with Crippen LogP contribution in [-0.4, -0.2) is 4.92 Å². The van der Waals surface area contributed by atoms with E-state index < -0.39 is 10.7 Å². The predicted molar refractivity (Wildman–Crippen MR) is 80.4 cm³/mol. The molecule has 0 aliphatic carbocycles. The van der Waals surface area contributed by atoms with Gasteiger partial charge in [-0.05, 0) is 42.8 Å². The van der Waals surface area contributed by atoms with E-state index in [2.05, 4.69) is 5.32 Å². The third-order valence-corrected chi connectivity index (χ3v) is 3.11. The predicted octanol–water partition coefficient (Wildman–Crippen LogP) is 3.07. The number of nitrogens with zero attached hydrogens (tertiary/aromatic N) is 1. The standard InChI is InChI=1S/C14H15FN4O2/c1-8(11-7-10(16)3-4-12(11)17)18-13-5-2-9(15)6-14(13)19(20)21/h2-8,18H,16-17H2,1H3. The average Bonchev–Trinajstić information content (AvgIpc) is 2.43. The minimum absolute atomic E-state index is 0.218. The van der Waals surface area contributed by atoms with Gasteiger partial charge >= 0.3 is 0 Å². The van der Waals surface area contributed by atoms with Crippen LogP contribution in [0.15, 0.2) is 36.4 Å². The van der Waals surface area contributed by atoms with Crippen LogP contribution < -0.4 is 16.8 Å². The molecule has 1 atom stereocenters. The van der Waals surface area contributed by atoms with E-state index >= 15 is 0 Å². The van der Waals surface area contributed by atoms with Crippen molar-refractivity contribution in [1.82, 2.24) is 0 Å². The first-order valence-corrected chi connectivity index (χ1v) is 6.24. The molecule has 0 radical (unpaired) electrons. The van der Waals surface area contributed by atoms with Crippen LogP contribution in [0.1, 0.15) is 18.5 Å². The van der Waals surface area contributed by atoms with Gasteiger partial charge in [-0.15, -0.1) is 0 Å². The Bertz CT molecular complexity index is 691. The molecule has 2 aromatic carbocycles. The van der Waals surface area contributed by atoms with Gasteiger partial charge in [-0.3, -0.25) is 10.1 Å². The fraction of sp³-hybridized carbons (Fsp3) is 0.143. The second-order valence-electron chi connectivity index (χ2n) is 4.67. The van der Waals surface area contributed by atoms with Crippen LogP contribution in [0.5, 0.6) is 0 Å². The second kappa shape index (κ2) is 5.66. The highest BCUT2D eigenvalue weighted by Crippen LogP contribution is 2.31. The summed E-state index contributed by atoms with van der Waals surface area (Å²) in [6.07, 6.45) is 0. The molecule has 7 heteroatoms. The number of nitrogens with two attached hydrogens (primary N) is 2. The molecule has 110 valence electrons. The minimum Gasteiger partial charge on any atom is -0.399 e. The molecule has 0 aromatic heterocycles. The molecule has 6 nitrogen and oxygen atoms in total. The van der Waals surface area contributed by atoms with E-state index in [1.165, 1.54) is 6.07 Å². The van der Waals surface area contributed by atoms with E-state index in [4.69, 9.17) is 11.5 Å². The molecule has 0 saturated heterocycles. The first-order valence-electron chi connectivity index (χ1n) is 6.24. The van der Waals surface area contributed by atoms with Crippen LogP contribution >= 0.6 is 0 Å². The monoisotopic (exact) mass is 290 g/mol. The Morgan fingerprint density at radius 1 is 1.24 bits per heavy atom. The molecule has 5 N–H and O–H groups in total. The Morgan fingerprint density at radius 2 is 1.95 bits per heavy atom. The largest absolute Gasteiger partial charge is 0.399 e. The second-order valence-corrected chi connectivity index (χ2v) is 4.67. The maximum absolute atomic E-state index is 13.1. The summed E-state index contributed by atoms with van der Waals surface area (Å²) in [7, 11) is 0. The van der Waals surface area contributed by atoms with E-state index in [1.54, 1.807) is 25.1 Å². The molecule has 21 heavy (non-hydrogen) atoms. The van der Waals surface area contributed by atoms with Crippen LogP contribution in [0.2, 0.25) is 0 Å². The summed E-state index contributed by atoms with van der Waals surface area (Å²) in [5.41, 5.74) is 13.3. The Hall–Kier alpha value is -2.83. The van der Waals surface area contributed by atoms with E-state index in [9.17, 15) is 14.5 Å². The number of rotatable bonds is 4. The lowest BCUT2D eigenvalue weighted by molar-refractivity contribution is -0.384. The molecule has 0 fully saturated rings. The van der Waals surface area contributed by atoms with E-state index in [0.717, 1.165) is 12.1 Å². The zero-order valence-electron chi connectivity index (χ0n) is 11.3. The SMILES string of the molecule is CC(Nc1ccc(F)cc1[N+](=O)[O-])c1cc(N)ccc1N. The summed E-state index contributed by atoms with van der Waals surface area (Å²) in [4.78, 5) is 10.3. The van der Waals surface area contributed by atoms with Gasteiger partial charge in [-0.2, -0.15) is 0 Å². The maximum atomic E-state index is 13.1. The third-order valence-electron chi connectivity index (χ3n) is 3.11. The molecule has 0 spiro atoms. The van der Waals surface area contributed by atoms with Crippen molar-refractivity contribution in [2.45, 2.75) is 13.0 Å². The van der Waals surface area contributed by atoms with Crippen molar-refractivity contribution in [2.75, 3.05) is 16.8 Å². The average molecular weight is 290 g/mol. The van der Waals surface area contributed by atoms with Crippen molar-refractivity contribution >= 4 is 22.7 Å². The van der Waals surface area contributed by atoms with Crippen LogP contribution in [-0.2, 0) is 0 Å². The quantitative estimate of drug-likeness (QED) is 0.455. The summed E-state index contributed by atoms with van der Waals surface area (Å²) < 4.78 is 13.1. The third kappa shape index (κ3) is 3.19. The van der Waals surface area contributed by atoms with Crippen molar-refractivity contribution in [3.05, 3.63) is 57.9 Å². The molecular weight excluding hydrogens is 275 g/mol. The van der Waals surface area contributed by atoms with Crippen LogP contribution in [0, 0.1) is 15.9 Å². The molecule has 1 unspecified atom stereocenters. The van der Waals surface area contributed by atoms with E-state index in [0.29, 0.717) is 16.9 Å². The van der Waals surface area contributed by atoms with Gasteiger partial charge in [-0.25, -0.2) is 4.39 Å². The van der Waals surface area contributed by atoms with Crippen molar-refractivity contribution in [3.8, 4) is 0 Å². The van der Waals surface area contributed by atoms with Crippen LogP contribution in [0.25, 0.3) is 0 Å². The summed E-state index contributed by atoms with van der Waals surface area (Å²) in [6.45, 7) is 1.79. The highest BCUT2D eigenvalue weighted by atomic mass is 19.1. The summed E-state index contributed by atoms with van der Waals surface area (Å²) in [5, 5.41) is 13.9. The molecule has 0 saturated carbocycles. The zero-order chi connectivity index (χ0) is 15.6. The number of benzene rings is 2. The van der Waals surface area contributed by atoms with Gasteiger partial charge in [0.1, 0.15) is 11.5 Å². The topological polar surface area (TPSA) is 107 Å². The van der Waals surface area contributed by atoms with Crippen molar-refractivity contribution in [1.29, 1.82) is 0 Å². The van der Waals surface area contributed by atoms with Gasteiger partial charge < -0.3 is 16.8 Å². The van der Waals surface area contributed by atoms with Gasteiger partial charge in [0.25, 0.3) is 5.69 Å². The van der Waals surface area contributed by atoms with Crippen LogP contribution in [0.4, 0.5) is 27.1 Å². The lowest BCUT2D eigenvalue weighted by Crippen LogP contribution is -2.11. The Morgan fingerprint density at radius 3 is 2.62 bits per heavy atom. The van der Waals surface area contributed by atoms with Crippen molar-refractivity contribution in [3.63, 3.8) is 0 Å². The number of nitro groups is 1. The van der Waals surface area contributed by atoms with Crippen molar-refractivity contribution < 1.29 is 9.31 Å². The van der Waals surface area contributed by atoms with Crippen molar-refractivity contribution in [2.24, 2.45) is 0 Å². The fourth-order valence-electron chi connectivity index (χ4n) is 2.06. The smallest absolute Gasteiger partial charge is 0.295 e. The Balaban J connectivity index is 2.33. The molecule has 2 aromatic rings. The molecule has 0 aliphatic rings. The van der Waals surface area contributed by atoms with Gasteiger partial charge in [0.15, 0.2) is 0 Å². The molecular formula is C14H15FN4O2. The fourth-order valence-corrected chi connectivity index (χ4v) is 2.06. The first-order chi connectivity index (χ1) is 9.88. The molecule has 0 aliphatic heterocycles. The highest BCUT2D eigenvalue weighted by Gasteiger charge is 2.18. The summed E-state index contributed by atoms with van der Waals surface area (Å²) in [5.74, 6) is -0.664. The highest BCUT2D eigenvalue weighted by molar-refractivity contribution is 5.64. The minimum atomic E-state index is -0.664. The van der Waals surface area contributed by atoms with E-state index in [-0.39, 0.29) is 17.4 Å². The zero-order valence-corrected chi connectivity index (χ0v) is 11.3. The molecule has 0 heterocycles. The summed E-state index contributed by atoms with van der Waals surface area (Å²) in [6, 6.07) is 8.07. The summed E-state index contributed by atoms with van der Waals surface area (Å²) >= 11 is 0. The lowest BCUT2D eigenvalue weighted by atomic mass is 10.0. The Kier molecular flexibility index (Phi) is 3.93. The number of hydrogen-bond donors (Lipinski definition) is 3. The van der Waals surface area contributed by atoms with Gasteiger partial charge in [0.05, 0.1) is 17.0 Å². The van der Waals surface area contributed by atoms with Gasteiger partial charge in [0.2, 0.25) is 0 Å². The Labute approximate surface area is 120 Å². The number of anilines is 3. The molecule has 0 bridgehead atoms. The number of nitro benzene ring substituents is 1. The number of nitrogen functional groups attached to an aromatic ring is 2. The molecule has 0 amide bonds. The molecule has 2 rings (SSSR count). The van der Waals surface area contributed by atoms with Crippen LogP contribution in [0.3, 0.4) is 0 Å². The number of halogens is 1. The number of hydrogen-bond acceptors (Lipinski definition) is 5. The maximum Gasteiger partial charge on any atom is 0.295 e. The van der Waals surface area contributed by atoms with E-state index in [1.807, 2.05) is 0 Å². The lowest BCUT2D eigenvalue weighted by Gasteiger charge is -2.18. The first kappa shape index (κ1) is 14.6. The number of nitrogens with one attached hydrogen (secondary N) is 1.